The first-order valence-electron chi connectivity index (χ1n) is 7.48. The molecule has 0 aliphatic carbocycles. The van der Waals surface area contributed by atoms with E-state index in [0.717, 1.165) is 12.1 Å². The van der Waals surface area contributed by atoms with E-state index in [1.807, 2.05) is 29.2 Å². The molecule has 0 aliphatic heterocycles. The summed E-state index contributed by atoms with van der Waals surface area (Å²) in [4.78, 5) is 18.3. The maximum Gasteiger partial charge on any atom is 0.246 e. The van der Waals surface area contributed by atoms with Gasteiger partial charge in [-0.3, -0.25) is 9.78 Å². The second-order valence-corrected chi connectivity index (χ2v) is 5.39. The Balaban J connectivity index is 2.11. The zero-order valence-corrected chi connectivity index (χ0v) is 13.2. The number of hydrogen-bond acceptors (Lipinski definition) is 2. The molecule has 0 N–H and O–H groups in total. The van der Waals surface area contributed by atoms with Crippen LogP contribution in [0.4, 0.5) is 0 Å². The Morgan fingerprint density at radius 2 is 2.05 bits per heavy atom. The number of rotatable bonds is 6. The minimum Gasteiger partial charge on any atom is -0.334 e. The van der Waals surface area contributed by atoms with Crippen LogP contribution in [0.15, 0.2) is 55.3 Å². The highest BCUT2D eigenvalue weighted by atomic mass is 16.2. The van der Waals surface area contributed by atoms with Crippen LogP contribution in [0.3, 0.4) is 0 Å². The molecule has 1 aromatic heterocycles. The number of carbonyl (C=O) groups is 1. The van der Waals surface area contributed by atoms with Gasteiger partial charge in [0, 0.05) is 31.4 Å². The summed E-state index contributed by atoms with van der Waals surface area (Å²) in [5.41, 5.74) is 4.65. The first kappa shape index (κ1) is 16.0. The van der Waals surface area contributed by atoms with E-state index in [2.05, 4.69) is 37.5 Å². The van der Waals surface area contributed by atoms with Gasteiger partial charge >= 0.3 is 0 Å². The Bertz CT molecular complexity index is 650. The molecule has 0 fully saturated rings. The molecule has 1 aromatic carbocycles. The molecule has 2 aromatic rings. The average Bonchev–Trinajstić information content (AvgIpc) is 2.55. The van der Waals surface area contributed by atoms with E-state index >= 15 is 0 Å². The van der Waals surface area contributed by atoms with Crippen molar-refractivity contribution in [1.29, 1.82) is 0 Å². The van der Waals surface area contributed by atoms with Crippen molar-refractivity contribution in [2.24, 2.45) is 0 Å². The molecule has 0 bridgehead atoms. The summed E-state index contributed by atoms with van der Waals surface area (Å²) in [5.74, 6) is -0.0446. The summed E-state index contributed by atoms with van der Waals surface area (Å²) >= 11 is 0. The van der Waals surface area contributed by atoms with Crippen LogP contribution in [0.1, 0.15) is 22.4 Å². The van der Waals surface area contributed by atoms with E-state index in [0.29, 0.717) is 13.1 Å². The van der Waals surface area contributed by atoms with Gasteiger partial charge in [-0.05, 0) is 48.7 Å². The van der Waals surface area contributed by atoms with Crippen LogP contribution in [-0.2, 0) is 17.8 Å². The third kappa shape index (κ3) is 4.04. The summed E-state index contributed by atoms with van der Waals surface area (Å²) in [6.07, 6.45) is 3.90. The van der Waals surface area contributed by atoms with Gasteiger partial charge in [0.05, 0.1) is 0 Å². The van der Waals surface area contributed by atoms with Crippen molar-refractivity contribution in [1.82, 2.24) is 9.88 Å². The molecular weight excluding hydrogens is 272 g/mol. The van der Waals surface area contributed by atoms with Gasteiger partial charge in [-0.1, -0.05) is 30.8 Å². The summed E-state index contributed by atoms with van der Waals surface area (Å²) in [5, 5.41) is 0. The summed E-state index contributed by atoms with van der Waals surface area (Å²) in [7, 11) is 0. The van der Waals surface area contributed by atoms with Crippen LogP contribution >= 0.6 is 0 Å². The van der Waals surface area contributed by atoms with Crippen LogP contribution in [-0.4, -0.2) is 22.3 Å². The van der Waals surface area contributed by atoms with Crippen molar-refractivity contribution in [2.75, 3.05) is 6.54 Å². The lowest BCUT2D eigenvalue weighted by atomic mass is 10.0. The predicted molar refractivity (Wildman–Crippen MR) is 89.5 cm³/mol. The van der Waals surface area contributed by atoms with Crippen LogP contribution < -0.4 is 0 Å². The lowest BCUT2D eigenvalue weighted by Crippen LogP contribution is -2.31. The topological polar surface area (TPSA) is 33.2 Å². The number of nitrogens with zero attached hydrogens (tertiary/aromatic N) is 2. The second kappa shape index (κ2) is 7.55. The largest absolute Gasteiger partial charge is 0.334 e. The molecule has 2 rings (SSSR count). The van der Waals surface area contributed by atoms with Gasteiger partial charge in [-0.15, -0.1) is 0 Å². The first-order valence-corrected chi connectivity index (χ1v) is 7.48. The number of benzene rings is 1. The summed E-state index contributed by atoms with van der Waals surface area (Å²) in [6, 6.07) is 12.0. The van der Waals surface area contributed by atoms with Crippen LogP contribution in [0, 0.1) is 13.8 Å². The third-order valence-corrected chi connectivity index (χ3v) is 3.93. The second-order valence-electron chi connectivity index (χ2n) is 5.39. The minimum atomic E-state index is -0.0446. The van der Waals surface area contributed by atoms with Crippen molar-refractivity contribution < 1.29 is 4.79 Å². The number of carbonyl (C=O) groups excluding carboxylic acids is 1. The zero-order valence-electron chi connectivity index (χ0n) is 13.2. The van der Waals surface area contributed by atoms with Gasteiger partial charge < -0.3 is 4.90 Å². The van der Waals surface area contributed by atoms with Crippen molar-refractivity contribution in [3.63, 3.8) is 0 Å². The van der Waals surface area contributed by atoms with Gasteiger partial charge in [0.1, 0.15) is 0 Å². The van der Waals surface area contributed by atoms with Crippen molar-refractivity contribution in [2.45, 2.75) is 26.8 Å². The zero-order chi connectivity index (χ0) is 15.9. The molecule has 3 heteroatoms. The quantitative estimate of drug-likeness (QED) is 0.764. The van der Waals surface area contributed by atoms with Gasteiger partial charge in [0.15, 0.2) is 0 Å². The van der Waals surface area contributed by atoms with Gasteiger partial charge in [-0.2, -0.15) is 0 Å². The molecule has 0 saturated carbocycles. The lowest BCUT2D eigenvalue weighted by molar-refractivity contribution is -0.126. The number of pyridine rings is 1. The number of aryl methyl sites for hydroxylation is 1. The fourth-order valence-corrected chi connectivity index (χ4v) is 2.38. The Morgan fingerprint density at radius 1 is 1.23 bits per heavy atom. The minimum absolute atomic E-state index is 0.0446. The lowest BCUT2D eigenvalue weighted by Gasteiger charge is -2.22. The van der Waals surface area contributed by atoms with Crippen LogP contribution in [0.5, 0.6) is 0 Å². The summed E-state index contributed by atoms with van der Waals surface area (Å²) < 4.78 is 0. The molecule has 0 atom stereocenters. The number of hydrogen-bond donors (Lipinski definition) is 0. The SMILES string of the molecule is C=CC(=O)N(CCc1ccccn1)Cc1cccc(C)c1C. The maximum atomic E-state index is 12.1. The molecule has 1 heterocycles. The molecule has 0 spiro atoms. The fraction of sp³-hybridized carbons (Fsp3) is 0.263. The Labute approximate surface area is 132 Å². The molecule has 0 radical (unpaired) electrons. The van der Waals surface area contributed by atoms with Crippen molar-refractivity contribution in [3.8, 4) is 0 Å². The van der Waals surface area contributed by atoms with E-state index in [1.54, 1.807) is 6.20 Å². The fourth-order valence-electron chi connectivity index (χ4n) is 2.38. The Kier molecular flexibility index (Phi) is 5.48. The standard InChI is InChI=1S/C19H22N2O/c1-4-19(22)21(13-11-18-10-5-6-12-20-18)14-17-9-7-8-15(2)16(17)3/h4-10,12H,1,11,13-14H2,2-3H3. The average molecular weight is 294 g/mol. The monoisotopic (exact) mass is 294 g/mol. The van der Waals surface area contributed by atoms with E-state index in [-0.39, 0.29) is 5.91 Å². The van der Waals surface area contributed by atoms with E-state index in [1.165, 1.54) is 22.8 Å². The molecule has 22 heavy (non-hydrogen) atoms. The van der Waals surface area contributed by atoms with Gasteiger partial charge in [0.2, 0.25) is 5.91 Å². The smallest absolute Gasteiger partial charge is 0.246 e. The molecule has 3 nitrogen and oxygen atoms in total. The first-order chi connectivity index (χ1) is 10.6. The Hall–Kier alpha value is -2.42. The molecule has 0 aliphatic rings. The third-order valence-electron chi connectivity index (χ3n) is 3.93. The van der Waals surface area contributed by atoms with Gasteiger partial charge in [-0.25, -0.2) is 0 Å². The highest BCUT2D eigenvalue weighted by Crippen LogP contribution is 2.15. The van der Waals surface area contributed by atoms with Crippen molar-refractivity contribution in [3.05, 3.63) is 77.6 Å². The maximum absolute atomic E-state index is 12.1. The predicted octanol–water partition coefficient (Wildman–Crippen LogP) is 3.46. The number of amides is 1. The highest BCUT2D eigenvalue weighted by molar-refractivity contribution is 5.87. The Morgan fingerprint density at radius 3 is 2.73 bits per heavy atom. The van der Waals surface area contributed by atoms with Gasteiger partial charge in [0.25, 0.3) is 0 Å². The molecular formula is C19H22N2O. The molecule has 0 saturated heterocycles. The summed E-state index contributed by atoms with van der Waals surface area (Å²) in [6.45, 7) is 9.03. The van der Waals surface area contributed by atoms with Crippen LogP contribution in [0.25, 0.3) is 0 Å². The van der Waals surface area contributed by atoms with E-state index in [4.69, 9.17) is 0 Å². The molecule has 1 amide bonds. The van der Waals surface area contributed by atoms with Crippen molar-refractivity contribution >= 4 is 5.91 Å². The van der Waals surface area contributed by atoms with E-state index in [9.17, 15) is 4.79 Å². The van der Waals surface area contributed by atoms with E-state index < -0.39 is 0 Å². The van der Waals surface area contributed by atoms with Crippen LogP contribution in [0.2, 0.25) is 0 Å². The normalized spacial score (nSPS) is 10.3. The molecule has 114 valence electrons. The highest BCUT2D eigenvalue weighted by Gasteiger charge is 2.13. The number of aromatic nitrogens is 1. The molecule has 0 unspecified atom stereocenters.